The first-order chi connectivity index (χ1) is 13.8. The molecule has 2 rings (SSSR count). The third kappa shape index (κ3) is 8.72. The van der Waals surface area contributed by atoms with E-state index in [-0.39, 0.29) is 5.75 Å². The molecule has 0 spiro atoms. The van der Waals surface area contributed by atoms with Gasteiger partial charge in [0.2, 0.25) is 0 Å². The number of morpholine rings is 1. The lowest BCUT2D eigenvalue weighted by Crippen LogP contribution is -2.52. The summed E-state index contributed by atoms with van der Waals surface area (Å²) < 4.78 is 28.3. The van der Waals surface area contributed by atoms with Crippen LogP contribution >= 0.6 is 0 Å². The van der Waals surface area contributed by atoms with Crippen molar-refractivity contribution in [3.05, 3.63) is 35.4 Å². The highest BCUT2D eigenvalue weighted by Crippen LogP contribution is 2.12. The Bertz CT molecular complexity index is 742. The first-order valence-corrected chi connectivity index (χ1v) is 12.4. The lowest BCUT2D eigenvalue weighted by Gasteiger charge is -2.37. The van der Waals surface area contributed by atoms with Crippen LogP contribution in [0.5, 0.6) is 0 Å². The number of benzene rings is 1. The standard InChI is InChI=1S/C21H36N4O3S/c1-5-22-21(24-15-20(17(2)3)25-10-12-28-13-11-25)23-14-18-6-8-19(9-7-18)16-29(4,26)27/h6-9,17,20H,5,10-16H2,1-4H3,(H2,22,23,24). The number of ether oxygens (including phenoxy) is 1. The van der Waals surface area contributed by atoms with E-state index in [0.29, 0.717) is 18.5 Å². The molecule has 29 heavy (non-hydrogen) atoms. The number of aliphatic imine (C=N–C) groups is 1. The fourth-order valence-electron chi connectivity index (χ4n) is 3.45. The number of hydrogen-bond donors (Lipinski definition) is 2. The molecule has 0 bridgehead atoms. The lowest BCUT2D eigenvalue weighted by molar-refractivity contribution is 0.00752. The van der Waals surface area contributed by atoms with Gasteiger partial charge in [-0.3, -0.25) is 4.90 Å². The number of nitrogens with one attached hydrogen (secondary N) is 2. The molecule has 0 amide bonds. The van der Waals surface area contributed by atoms with Crippen molar-refractivity contribution in [1.29, 1.82) is 0 Å². The molecular weight excluding hydrogens is 388 g/mol. The Labute approximate surface area is 175 Å². The highest BCUT2D eigenvalue weighted by Gasteiger charge is 2.23. The zero-order valence-electron chi connectivity index (χ0n) is 18.1. The van der Waals surface area contributed by atoms with Crippen LogP contribution in [0.25, 0.3) is 0 Å². The SMILES string of the molecule is CCNC(=NCc1ccc(CS(C)(=O)=O)cc1)NCC(C(C)C)N1CCOCC1. The van der Waals surface area contributed by atoms with Crippen molar-refractivity contribution in [3.63, 3.8) is 0 Å². The molecule has 1 aliphatic heterocycles. The molecule has 1 aromatic carbocycles. The normalized spacial score (nSPS) is 17.3. The highest BCUT2D eigenvalue weighted by molar-refractivity contribution is 7.89. The minimum absolute atomic E-state index is 0.0683. The molecule has 0 radical (unpaired) electrons. The average Bonchev–Trinajstić information content (AvgIpc) is 2.66. The zero-order valence-corrected chi connectivity index (χ0v) is 19.0. The van der Waals surface area contributed by atoms with Gasteiger partial charge in [0.15, 0.2) is 15.8 Å². The van der Waals surface area contributed by atoms with Crippen molar-refractivity contribution in [2.24, 2.45) is 10.9 Å². The predicted molar refractivity (Wildman–Crippen MR) is 119 cm³/mol. The van der Waals surface area contributed by atoms with Crippen LogP contribution in [0.4, 0.5) is 0 Å². The van der Waals surface area contributed by atoms with Crippen LogP contribution in [0.2, 0.25) is 0 Å². The molecule has 1 unspecified atom stereocenters. The number of guanidine groups is 1. The summed E-state index contributed by atoms with van der Waals surface area (Å²) in [6.07, 6.45) is 1.25. The van der Waals surface area contributed by atoms with Crippen LogP contribution < -0.4 is 10.6 Å². The Morgan fingerprint density at radius 1 is 1.14 bits per heavy atom. The van der Waals surface area contributed by atoms with E-state index in [1.165, 1.54) is 6.26 Å². The van der Waals surface area contributed by atoms with E-state index in [9.17, 15) is 8.42 Å². The third-order valence-electron chi connectivity index (χ3n) is 4.98. The van der Waals surface area contributed by atoms with E-state index in [4.69, 9.17) is 9.73 Å². The highest BCUT2D eigenvalue weighted by atomic mass is 32.2. The second-order valence-electron chi connectivity index (χ2n) is 7.92. The van der Waals surface area contributed by atoms with Gasteiger partial charge in [0.05, 0.1) is 25.5 Å². The second-order valence-corrected chi connectivity index (χ2v) is 10.1. The molecule has 164 valence electrons. The second kappa shape index (κ2) is 11.5. The van der Waals surface area contributed by atoms with Crippen LogP contribution in [0.15, 0.2) is 29.3 Å². The smallest absolute Gasteiger partial charge is 0.191 e. The van der Waals surface area contributed by atoms with Gasteiger partial charge in [-0.1, -0.05) is 38.1 Å². The molecule has 1 atom stereocenters. The maximum absolute atomic E-state index is 11.4. The van der Waals surface area contributed by atoms with Crippen molar-refractivity contribution in [3.8, 4) is 0 Å². The maximum Gasteiger partial charge on any atom is 0.191 e. The average molecular weight is 425 g/mol. The van der Waals surface area contributed by atoms with Gasteiger partial charge in [0, 0.05) is 38.5 Å². The fraction of sp³-hybridized carbons (Fsp3) is 0.667. The summed E-state index contributed by atoms with van der Waals surface area (Å²) in [5.41, 5.74) is 1.85. The van der Waals surface area contributed by atoms with Crippen molar-refractivity contribution in [1.82, 2.24) is 15.5 Å². The van der Waals surface area contributed by atoms with Crippen LogP contribution in [0.1, 0.15) is 31.9 Å². The summed E-state index contributed by atoms with van der Waals surface area (Å²) in [5, 5.41) is 6.80. The molecule has 1 saturated heterocycles. The molecule has 1 aromatic rings. The topological polar surface area (TPSA) is 83.0 Å². The van der Waals surface area contributed by atoms with Gasteiger partial charge in [-0.25, -0.2) is 13.4 Å². The molecule has 0 saturated carbocycles. The Kier molecular flexibility index (Phi) is 9.39. The Balaban J connectivity index is 1.95. The molecule has 1 heterocycles. The van der Waals surface area contributed by atoms with Crippen molar-refractivity contribution < 1.29 is 13.2 Å². The van der Waals surface area contributed by atoms with Gasteiger partial charge in [0.25, 0.3) is 0 Å². The van der Waals surface area contributed by atoms with Gasteiger partial charge in [0.1, 0.15) is 0 Å². The van der Waals surface area contributed by atoms with Crippen molar-refractivity contribution in [2.75, 3.05) is 45.6 Å². The van der Waals surface area contributed by atoms with E-state index in [0.717, 1.165) is 56.5 Å². The molecule has 0 aliphatic carbocycles. The molecule has 2 N–H and O–H groups in total. The van der Waals surface area contributed by atoms with Gasteiger partial charge >= 0.3 is 0 Å². The summed E-state index contributed by atoms with van der Waals surface area (Å²) >= 11 is 0. The van der Waals surface area contributed by atoms with Crippen molar-refractivity contribution in [2.45, 2.75) is 39.1 Å². The van der Waals surface area contributed by atoms with Gasteiger partial charge < -0.3 is 15.4 Å². The monoisotopic (exact) mass is 424 g/mol. The van der Waals surface area contributed by atoms with E-state index in [1.54, 1.807) is 0 Å². The largest absolute Gasteiger partial charge is 0.379 e. The quantitative estimate of drug-likeness (QED) is 0.463. The first kappa shape index (κ1) is 23.6. The van der Waals surface area contributed by atoms with Crippen LogP contribution in [-0.2, 0) is 26.9 Å². The summed E-state index contributed by atoms with van der Waals surface area (Å²) in [7, 11) is -3.01. The molecule has 7 nitrogen and oxygen atoms in total. The van der Waals surface area contributed by atoms with Gasteiger partial charge in [-0.05, 0) is 24.0 Å². The molecule has 0 aromatic heterocycles. The Morgan fingerprint density at radius 3 is 2.31 bits per heavy atom. The minimum atomic E-state index is -3.01. The Morgan fingerprint density at radius 2 is 1.76 bits per heavy atom. The van der Waals surface area contributed by atoms with E-state index >= 15 is 0 Å². The van der Waals surface area contributed by atoms with Crippen LogP contribution in [-0.4, -0.2) is 71.0 Å². The summed E-state index contributed by atoms with van der Waals surface area (Å²) in [4.78, 5) is 7.19. The van der Waals surface area contributed by atoms with Crippen LogP contribution in [0, 0.1) is 5.92 Å². The summed E-state index contributed by atoms with van der Waals surface area (Å²) in [6, 6.07) is 8.04. The van der Waals surface area contributed by atoms with E-state index < -0.39 is 9.84 Å². The number of sulfone groups is 1. The van der Waals surface area contributed by atoms with E-state index in [2.05, 4.69) is 36.3 Å². The van der Waals surface area contributed by atoms with Gasteiger partial charge in [-0.15, -0.1) is 0 Å². The van der Waals surface area contributed by atoms with Crippen LogP contribution in [0.3, 0.4) is 0 Å². The van der Waals surface area contributed by atoms with Gasteiger partial charge in [-0.2, -0.15) is 0 Å². The van der Waals surface area contributed by atoms with Crippen molar-refractivity contribution >= 4 is 15.8 Å². The number of hydrogen-bond acceptors (Lipinski definition) is 5. The molecule has 8 heteroatoms. The molecular formula is C21H36N4O3S. The summed E-state index contributed by atoms with van der Waals surface area (Å²) in [5.74, 6) is 1.40. The minimum Gasteiger partial charge on any atom is -0.379 e. The van der Waals surface area contributed by atoms with E-state index in [1.807, 2.05) is 24.3 Å². The zero-order chi connectivity index (χ0) is 21.3. The molecule has 1 aliphatic rings. The third-order valence-corrected chi connectivity index (χ3v) is 5.84. The molecule has 1 fully saturated rings. The predicted octanol–water partition coefficient (Wildman–Crippen LogP) is 1.64. The Hall–Kier alpha value is -1.64. The lowest BCUT2D eigenvalue weighted by atomic mass is 10.0. The number of nitrogens with zero attached hydrogens (tertiary/aromatic N) is 2. The maximum atomic E-state index is 11.4. The fourth-order valence-corrected chi connectivity index (χ4v) is 4.25. The first-order valence-electron chi connectivity index (χ1n) is 10.4. The summed E-state index contributed by atoms with van der Waals surface area (Å²) in [6.45, 7) is 12.3. The number of rotatable bonds is 9.